The molecule has 2 nitrogen and oxygen atoms in total. The lowest BCUT2D eigenvalue weighted by Gasteiger charge is -2.15. The minimum absolute atomic E-state index is 0.628. The molecule has 0 N–H and O–H groups in total. The van der Waals surface area contributed by atoms with Crippen molar-refractivity contribution in [1.29, 1.82) is 10.5 Å². The van der Waals surface area contributed by atoms with E-state index in [-0.39, 0.29) is 0 Å². The van der Waals surface area contributed by atoms with Crippen molar-refractivity contribution >= 4 is 23.5 Å². The van der Waals surface area contributed by atoms with Crippen LogP contribution in [-0.4, -0.2) is 11.5 Å². The van der Waals surface area contributed by atoms with Gasteiger partial charge in [-0.05, 0) is 24.7 Å². The fourth-order valence-electron chi connectivity index (χ4n) is 2.50. The number of nitriles is 2. The molecule has 0 amide bonds. The lowest BCUT2D eigenvalue weighted by atomic mass is 10.0. The second-order valence-corrected chi connectivity index (χ2v) is 8.40. The molecular weight excluding hydrogens is 332 g/mol. The first-order valence-corrected chi connectivity index (χ1v) is 11.4. The summed E-state index contributed by atoms with van der Waals surface area (Å²) in [6.45, 7) is 8.87. The van der Waals surface area contributed by atoms with E-state index in [1.807, 2.05) is 0 Å². The van der Waals surface area contributed by atoms with Gasteiger partial charge in [-0.2, -0.15) is 10.5 Å². The molecule has 0 aromatic rings. The largest absolute Gasteiger partial charge is 0.192 e. The van der Waals surface area contributed by atoms with Gasteiger partial charge in [-0.3, -0.25) is 0 Å². The Morgan fingerprint density at radius 1 is 0.750 bits per heavy atom. The zero-order valence-electron chi connectivity index (χ0n) is 15.9. The van der Waals surface area contributed by atoms with Crippen LogP contribution in [0.15, 0.2) is 9.81 Å². The molecule has 136 valence electrons. The Hall–Kier alpha value is -0.580. The van der Waals surface area contributed by atoms with E-state index in [2.05, 4.69) is 39.8 Å². The van der Waals surface area contributed by atoms with Crippen molar-refractivity contribution in [2.45, 2.75) is 79.1 Å². The fraction of sp³-hybridized carbons (Fsp3) is 0.800. The molecule has 0 saturated carbocycles. The van der Waals surface area contributed by atoms with Crippen molar-refractivity contribution in [2.24, 2.45) is 11.8 Å². The number of thioether (sulfide) groups is 2. The lowest BCUT2D eigenvalue weighted by molar-refractivity contribution is 0.500. The summed E-state index contributed by atoms with van der Waals surface area (Å²) in [6, 6.07) is 4.55. The standard InChI is InChI=1S/C20H34N2S2/c1-5-9-11-17(7-3)15-23-19(13-21)20(14-22)24-16-18(8-4)12-10-6-2/h17-18H,5-12,15-16H2,1-4H3. The van der Waals surface area contributed by atoms with Crippen LogP contribution in [0.25, 0.3) is 0 Å². The van der Waals surface area contributed by atoms with E-state index in [1.54, 1.807) is 23.5 Å². The van der Waals surface area contributed by atoms with Gasteiger partial charge in [0, 0.05) is 11.5 Å². The van der Waals surface area contributed by atoms with E-state index >= 15 is 0 Å². The Kier molecular flexibility index (Phi) is 15.5. The maximum absolute atomic E-state index is 9.46. The highest BCUT2D eigenvalue weighted by Gasteiger charge is 2.14. The SMILES string of the molecule is CCCCC(CC)CSC(C#N)=C(C#N)SCC(CC)CCCC. The second-order valence-electron chi connectivity index (χ2n) is 6.34. The molecule has 0 bridgehead atoms. The van der Waals surface area contributed by atoms with Crippen molar-refractivity contribution in [3.05, 3.63) is 9.81 Å². The molecule has 0 heterocycles. The van der Waals surface area contributed by atoms with Crippen LogP contribution in [0.3, 0.4) is 0 Å². The minimum Gasteiger partial charge on any atom is -0.192 e. The first-order chi connectivity index (χ1) is 11.7. The zero-order valence-corrected chi connectivity index (χ0v) is 17.6. The van der Waals surface area contributed by atoms with Crippen molar-refractivity contribution in [2.75, 3.05) is 11.5 Å². The first-order valence-electron chi connectivity index (χ1n) is 9.46. The predicted molar refractivity (Wildman–Crippen MR) is 110 cm³/mol. The third-order valence-electron chi connectivity index (χ3n) is 4.42. The average molecular weight is 367 g/mol. The summed E-state index contributed by atoms with van der Waals surface area (Å²) in [5.41, 5.74) is 0. The molecule has 0 fully saturated rings. The van der Waals surface area contributed by atoms with Gasteiger partial charge in [-0.15, -0.1) is 23.5 Å². The number of unbranched alkanes of at least 4 members (excludes halogenated alkanes) is 2. The van der Waals surface area contributed by atoms with E-state index < -0.39 is 0 Å². The molecule has 2 atom stereocenters. The fourth-order valence-corrected chi connectivity index (χ4v) is 4.94. The van der Waals surface area contributed by atoms with Crippen molar-refractivity contribution < 1.29 is 0 Å². The number of nitrogens with zero attached hydrogens (tertiary/aromatic N) is 2. The average Bonchev–Trinajstić information content (AvgIpc) is 2.62. The lowest BCUT2D eigenvalue weighted by Crippen LogP contribution is -2.04. The Balaban J connectivity index is 4.67. The van der Waals surface area contributed by atoms with E-state index in [1.165, 1.54) is 38.5 Å². The van der Waals surface area contributed by atoms with Crippen LogP contribution < -0.4 is 0 Å². The number of hydrogen-bond donors (Lipinski definition) is 0. The van der Waals surface area contributed by atoms with E-state index in [0.717, 1.165) is 24.3 Å². The molecule has 4 heteroatoms. The van der Waals surface area contributed by atoms with Crippen LogP contribution in [0.2, 0.25) is 0 Å². The highest BCUT2D eigenvalue weighted by Crippen LogP contribution is 2.32. The molecule has 0 spiro atoms. The maximum Gasteiger partial charge on any atom is 0.109 e. The molecule has 0 aliphatic heterocycles. The maximum atomic E-state index is 9.46. The van der Waals surface area contributed by atoms with Gasteiger partial charge >= 0.3 is 0 Å². The van der Waals surface area contributed by atoms with E-state index in [9.17, 15) is 10.5 Å². The monoisotopic (exact) mass is 366 g/mol. The highest BCUT2D eigenvalue weighted by atomic mass is 32.2. The van der Waals surface area contributed by atoms with Gasteiger partial charge in [0.1, 0.15) is 21.9 Å². The van der Waals surface area contributed by atoms with Crippen LogP contribution in [0.5, 0.6) is 0 Å². The van der Waals surface area contributed by atoms with Crippen LogP contribution in [-0.2, 0) is 0 Å². The molecule has 0 aliphatic rings. The molecule has 2 unspecified atom stereocenters. The van der Waals surface area contributed by atoms with Gasteiger partial charge in [-0.1, -0.05) is 66.2 Å². The number of hydrogen-bond acceptors (Lipinski definition) is 4. The smallest absolute Gasteiger partial charge is 0.109 e. The Morgan fingerprint density at radius 3 is 1.38 bits per heavy atom. The van der Waals surface area contributed by atoms with Crippen LogP contribution in [0, 0.1) is 34.5 Å². The van der Waals surface area contributed by atoms with Crippen LogP contribution in [0.4, 0.5) is 0 Å². The highest BCUT2D eigenvalue weighted by molar-refractivity contribution is 8.07. The van der Waals surface area contributed by atoms with Crippen molar-refractivity contribution in [3.8, 4) is 12.1 Å². The third-order valence-corrected chi connectivity index (χ3v) is 7.00. The molecule has 0 aromatic heterocycles. The quantitative estimate of drug-likeness (QED) is 0.306. The molecule has 24 heavy (non-hydrogen) atoms. The molecule has 0 aromatic carbocycles. The van der Waals surface area contributed by atoms with Crippen LogP contribution in [0.1, 0.15) is 79.1 Å². The second kappa shape index (κ2) is 15.9. The summed E-state index contributed by atoms with van der Waals surface area (Å²) in [4.78, 5) is 1.26. The molecule has 0 radical (unpaired) electrons. The molecule has 0 aliphatic carbocycles. The summed E-state index contributed by atoms with van der Waals surface area (Å²) in [7, 11) is 0. The molecule has 0 saturated heterocycles. The Morgan fingerprint density at radius 2 is 1.12 bits per heavy atom. The van der Waals surface area contributed by atoms with Gasteiger partial charge in [0.2, 0.25) is 0 Å². The van der Waals surface area contributed by atoms with E-state index in [4.69, 9.17) is 0 Å². The van der Waals surface area contributed by atoms with Crippen molar-refractivity contribution in [1.82, 2.24) is 0 Å². The summed E-state index contributed by atoms with van der Waals surface area (Å²) in [5, 5.41) is 18.9. The predicted octanol–water partition coefficient (Wildman–Crippen LogP) is 7.14. The third kappa shape index (κ3) is 10.3. The Bertz CT molecular complexity index is 392. The molecular formula is C20H34N2S2. The number of rotatable bonds is 14. The normalized spacial score (nSPS) is 14.4. The summed E-state index contributed by atoms with van der Waals surface area (Å²) < 4.78 is 0. The zero-order chi connectivity index (χ0) is 18.2. The van der Waals surface area contributed by atoms with Gasteiger partial charge in [0.15, 0.2) is 0 Å². The van der Waals surface area contributed by atoms with Gasteiger partial charge in [0.05, 0.1) is 0 Å². The first kappa shape index (κ1) is 23.4. The molecule has 0 rings (SSSR count). The summed E-state index contributed by atoms with van der Waals surface area (Å²) >= 11 is 3.18. The van der Waals surface area contributed by atoms with Gasteiger partial charge < -0.3 is 0 Å². The van der Waals surface area contributed by atoms with Crippen molar-refractivity contribution in [3.63, 3.8) is 0 Å². The van der Waals surface area contributed by atoms with Crippen LogP contribution >= 0.6 is 23.5 Å². The summed E-state index contributed by atoms with van der Waals surface area (Å²) in [6.07, 6.45) is 9.69. The summed E-state index contributed by atoms with van der Waals surface area (Å²) in [5.74, 6) is 3.21. The Labute approximate surface area is 158 Å². The van der Waals surface area contributed by atoms with Gasteiger partial charge in [0.25, 0.3) is 0 Å². The van der Waals surface area contributed by atoms with Gasteiger partial charge in [-0.25, -0.2) is 0 Å². The minimum atomic E-state index is 0.628. The number of allylic oxidation sites excluding steroid dienone is 2. The van der Waals surface area contributed by atoms with E-state index in [0.29, 0.717) is 21.6 Å². The topological polar surface area (TPSA) is 47.6 Å².